The van der Waals surface area contributed by atoms with Crippen LogP contribution < -0.4 is 9.64 Å². The average Bonchev–Trinajstić information content (AvgIpc) is 2.90. The van der Waals surface area contributed by atoms with Crippen molar-refractivity contribution >= 4 is 29.0 Å². The van der Waals surface area contributed by atoms with E-state index in [2.05, 4.69) is 6.92 Å². The summed E-state index contributed by atoms with van der Waals surface area (Å²) in [5.74, 6) is 1.13. The number of hydrogen-bond acceptors (Lipinski definition) is 5. The third-order valence-electron chi connectivity index (χ3n) is 7.00. The molecule has 1 aliphatic rings. The predicted molar refractivity (Wildman–Crippen MR) is 152 cm³/mol. The Labute approximate surface area is 227 Å². The van der Waals surface area contributed by atoms with E-state index in [-0.39, 0.29) is 12.4 Å². The molecule has 0 radical (unpaired) electrons. The van der Waals surface area contributed by atoms with E-state index in [0.29, 0.717) is 47.1 Å². The molecule has 0 saturated heterocycles. The van der Waals surface area contributed by atoms with Crippen molar-refractivity contribution in [2.24, 2.45) is 0 Å². The molecule has 0 aromatic heterocycles. The van der Waals surface area contributed by atoms with Crippen LogP contribution in [0.1, 0.15) is 114 Å². The van der Waals surface area contributed by atoms with Gasteiger partial charge in [-0.1, -0.05) is 64.0 Å². The van der Waals surface area contributed by atoms with E-state index in [1.165, 1.54) is 43.9 Å². The molecular weight excluding hydrogens is 478 g/mol. The van der Waals surface area contributed by atoms with Crippen LogP contribution in [0.4, 0.5) is 16.2 Å². The first-order valence-electron chi connectivity index (χ1n) is 14.4. The van der Waals surface area contributed by atoms with Crippen molar-refractivity contribution in [2.75, 3.05) is 11.5 Å². The van der Waals surface area contributed by atoms with Crippen LogP contribution in [0.15, 0.2) is 36.4 Å². The molecule has 2 aromatic carbocycles. The minimum Gasteiger partial charge on any atom is -0.452 e. The molecule has 0 N–H and O–H groups in total. The van der Waals surface area contributed by atoms with E-state index in [1.54, 1.807) is 19.1 Å². The second kappa shape index (κ2) is 15.3. The highest BCUT2D eigenvalue weighted by Crippen LogP contribution is 2.49. The van der Waals surface area contributed by atoms with Gasteiger partial charge in [-0.2, -0.15) is 0 Å². The molecule has 0 saturated carbocycles. The number of ketones is 2. The second-order valence-corrected chi connectivity index (χ2v) is 10.1. The minimum atomic E-state index is -0.504. The number of ether oxygens (including phenoxy) is 2. The molecule has 206 valence electrons. The Morgan fingerprint density at radius 1 is 0.816 bits per heavy atom. The van der Waals surface area contributed by atoms with Crippen molar-refractivity contribution < 1.29 is 23.9 Å². The maximum absolute atomic E-state index is 13.0. The number of benzene rings is 2. The van der Waals surface area contributed by atoms with Gasteiger partial charge in [-0.25, -0.2) is 9.69 Å². The third-order valence-corrected chi connectivity index (χ3v) is 7.00. The predicted octanol–water partition coefficient (Wildman–Crippen LogP) is 9.10. The SMILES string of the molecule is CCCCCCCCCC(=O)CCCCCc1cc(C(C)=O)c2c(c1)N(C(=O)OCC)c1ccccc1O2. The topological polar surface area (TPSA) is 72.9 Å². The molecular formula is C32H43NO5. The Balaban J connectivity index is 1.57. The quantitative estimate of drug-likeness (QED) is 0.163. The van der Waals surface area contributed by atoms with Gasteiger partial charge in [0.15, 0.2) is 17.3 Å². The largest absolute Gasteiger partial charge is 0.452 e. The van der Waals surface area contributed by atoms with Crippen LogP contribution in [0.25, 0.3) is 0 Å². The number of anilines is 2. The number of Topliss-reactive ketones (excluding diaryl/α,β-unsaturated/α-hetero) is 2. The van der Waals surface area contributed by atoms with Crippen LogP contribution in [0.2, 0.25) is 0 Å². The number of fused-ring (bicyclic) bond motifs is 2. The Morgan fingerprint density at radius 2 is 1.47 bits per heavy atom. The first kappa shape index (κ1) is 29.4. The summed E-state index contributed by atoms with van der Waals surface area (Å²) in [5.41, 5.74) is 2.52. The number of amides is 1. The van der Waals surface area contributed by atoms with Gasteiger partial charge in [0.2, 0.25) is 0 Å². The first-order valence-corrected chi connectivity index (χ1v) is 14.4. The van der Waals surface area contributed by atoms with Gasteiger partial charge in [-0.05, 0) is 69.4 Å². The van der Waals surface area contributed by atoms with Crippen molar-refractivity contribution in [2.45, 2.75) is 104 Å². The van der Waals surface area contributed by atoms with Gasteiger partial charge in [0.1, 0.15) is 5.78 Å². The van der Waals surface area contributed by atoms with Gasteiger partial charge >= 0.3 is 6.09 Å². The molecule has 1 aliphatic heterocycles. The summed E-state index contributed by atoms with van der Waals surface area (Å²) in [6.45, 7) is 5.74. The van der Waals surface area contributed by atoms with Crippen molar-refractivity contribution in [1.82, 2.24) is 0 Å². The van der Waals surface area contributed by atoms with E-state index < -0.39 is 6.09 Å². The van der Waals surface area contributed by atoms with E-state index in [0.717, 1.165) is 44.1 Å². The van der Waals surface area contributed by atoms with Gasteiger partial charge in [0, 0.05) is 12.8 Å². The van der Waals surface area contributed by atoms with Crippen molar-refractivity contribution in [3.63, 3.8) is 0 Å². The highest BCUT2D eigenvalue weighted by molar-refractivity contribution is 6.06. The van der Waals surface area contributed by atoms with E-state index >= 15 is 0 Å². The molecule has 6 nitrogen and oxygen atoms in total. The summed E-state index contributed by atoms with van der Waals surface area (Å²) in [7, 11) is 0. The van der Waals surface area contributed by atoms with Gasteiger partial charge < -0.3 is 9.47 Å². The number of nitrogens with zero attached hydrogens (tertiary/aromatic N) is 1. The molecule has 1 heterocycles. The summed E-state index contributed by atoms with van der Waals surface area (Å²) in [5, 5.41) is 0. The fourth-order valence-electron chi connectivity index (χ4n) is 4.94. The van der Waals surface area contributed by atoms with Crippen LogP contribution in [0.5, 0.6) is 11.5 Å². The van der Waals surface area contributed by atoms with Gasteiger partial charge in [0.25, 0.3) is 0 Å². The fraction of sp³-hybridized carbons (Fsp3) is 0.531. The molecule has 0 bridgehead atoms. The maximum Gasteiger partial charge on any atom is 0.419 e. The second-order valence-electron chi connectivity index (χ2n) is 10.1. The van der Waals surface area contributed by atoms with Crippen LogP contribution in [0, 0.1) is 0 Å². The molecule has 38 heavy (non-hydrogen) atoms. The molecule has 0 aliphatic carbocycles. The lowest BCUT2D eigenvalue weighted by atomic mass is 9.98. The minimum absolute atomic E-state index is 0.123. The number of hydrogen-bond donors (Lipinski definition) is 0. The number of carbonyl (C=O) groups is 3. The van der Waals surface area contributed by atoms with Crippen molar-refractivity contribution in [3.05, 3.63) is 47.5 Å². The normalized spacial score (nSPS) is 11.9. The molecule has 0 spiro atoms. The Hall–Kier alpha value is -3.15. The lowest BCUT2D eigenvalue weighted by Crippen LogP contribution is -2.30. The number of para-hydroxylation sites is 2. The molecule has 0 unspecified atom stereocenters. The highest BCUT2D eigenvalue weighted by atomic mass is 16.6. The smallest absolute Gasteiger partial charge is 0.419 e. The third kappa shape index (κ3) is 8.17. The van der Waals surface area contributed by atoms with E-state index in [1.807, 2.05) is 24.3 Å². The lowest BCUT2D eigenvalue weighted by molar-refractivity contribution is -0.119. The van der Waals surface area contributed by atoms with Crippen molar-refractivity contribution in [1.29, 1.82) is 0 Å². The summed E-state index contributed by atoms with van der Waals surface area (Å²) in [6.07, 6.45) is 12.9. The molecule has 2 aromatic rings. The fourth-order valence-corrected chi connectivity index (χ4v) is 4.94. The number of unbranched alkanes of at least 4 members (excludes halogenated alkanes) is 8. The van der Waals surface area contributed by atoms with E-state index in [9.17, 15) is 14.4 Å². The molecule has 6 heteroatoms. The van der Waals surface area contributed by atoms with Crippen LogP contribution >= 0.6 is 0 Å². The number of rotatable bonds is 16. The standard InChI is InChI=1S/C32H43NO5/c1-4-6-7-8-9-10-13-18-26(35)19-14-11-12-17-25-22-27(24(3)34)31-29(23-25)33(32(36)37-5-2)28-20-15-16-21-30(28)38-31/h15-16,20-23H,4-14,17-19H2,1-3H3. The Bertz CT molecular complexity index is 1090. The van der Waals surface area contributed by atoms with Crippen LogP contribution in [0.3, 0.4) is 0 Å². The van der Waals surface area contributed by atoms with Crippen molar-refractivity contribution in [3.8, 4) is 11.5 Å². The molecule has 0 fully saturated rings. The number of aryl methyl sites for hydroxylation is 1. The van der Waals surface area contributed by atoms with Gasteiger partial charge in [-0.3, -0.25) is 9.59 Å². The molecule has 0 atom stereocenters. The van der Waals surface area contributed by atoms with E-state index in [4.69, 9.17) is 9.47 Å². The zero-order valence-electron chi connectivity index (χ0n) is 23.4. The molecule has 1 amide bonds. The highest BCUT2D eigenvalue weighted by Gasteiger charge is 2.33. The average molecular weight is 522 g/mol. The van der Waals surface area contributed by atoms with Crippen LogP contribution in [-0.2, 0) is 16.0 Å². The zero-order valence-corrected chi connectivity index (χ0v) is 23.4. The Morgan fingerprint density at radius 3 is 2.16 bits per heavy atom. The number of carbonyl (C=O) groups excluding carboxylic acids is 3. The van der Waals surface area contributed by atoms with Gasteiger partial charge in [0.05, 0.1) is 23.5 Å². The van der Waals surface area contributed by atoms with Gasteiger partial charge in [-0.15, -0.1) is 0 Å². The monoisotopic (exact) mass is 521 g/mol. The maximum atomic E-state index is 13.0. The summed E-state index contributed by atoms with van der Waals surface area (Å²) < 4.78 is 11.5. The summed E-state index contributed by atoms with van der Waals surface area (Å²) in [6, 6.07) is 11.0. The Kier molecular flexibility index (Phi) is 11.8. The lowest BCUT2D eigenvalue weighted by Gasteiger charge is -2.31. The zero-order chi connectivity index (χ0) is 27.3. The summed E-state index contributed by atoms with van der Waals surface area (Å²) in [4.78, 5) is 39.3. The summed E-state index contributed by atoms with van der Waals surface area (Å²) >= 11 is 0. The van der Waals surface area contributed by atoms with Crippen LogP contribution in [-0.4, -0.2) is 24.3 Å². The molecule has 3 rings (SSSR count). The first-order chi connectivity index (χ1) is 18.5.